The lowest BCUT2D eigenvalue weighted by molar-refractivity contribution is -0.147. The average molecular weight is 433 g/mol. The SMILES string of the molecule is CCOC(=O)CC(=O)C1CCN(C(=O)OC)C(Cc2ccc(C(F)(F)F)c(F)c2)C1. The van der Waals surface area contributed by atoms with E-state index in [0.29, 0.717) is 12.5 Å². The van der Waals surface area contributed by atoms with Crippen molar-refractivity contribution in [1.29, 1.82) is 0 Å². The predicted molar refractivity (Wildman–Crippen MR) is 97.0 cm³/mol. The maximum atomic E-state index is 13.9. The van der Waals surface area contributed by atoms with E-state index in [1.54, 1.807) is 6.92 Å². The van der Waals surface area contributed by atoms with Crippen LogP contribution in [-0.2, 0) is 31.7 Å². The molecule has 166 valence electrons. The van der Waals surface area contributed by atoms with Crippen LogP contribution < -0.4 is 0 Å². The highest BCUT2D eigenvalue weighted by Gasteiger charge is 2.37. The van der Waals surface area contributed by atoms with E-state index in [-0.39, 0.29) is 37.3 Å². The number of likely N-dealkylation sites (tertiary alicyclic amines) is 1. The molecule has 1 amide bonds. The van der Waals surface area contributed by atoms with Crippen molar-refractivity contribution in [3.63, 3.8) is 0 Å². The fraction of sp³-hybridized carbons (Fsp3) is 0.550. The van der Waals surface area contributed by atoms with Gasteiger partial charge in [0.15, 0.2) is 0 Å². The molecule has 0 spiro atoms. The Kier molecular flexibility index (Phi) is 7.80. The fourth-order valence-electron chi connectivity index (χ4n) is 3.58. The molecule has 1 aromatic carbocycles. The monoisotopic (exact) mass is 433 g/mol. The summed E-state index contributed by atoms with van der Waals surface area (Å²) in [7, 11) is 1.19. The molecule has 2 atom stereocenters. The number of ketones is 1. The average Bonchev–Trinajstić information content (AvgIpc) is 2.66. The minimum absolute atomic E-state index is 0.0351. The van der Waals surface area contributed by atoms with Crippen molar-refractivity contribution in [2.45, 2.75) is 44.8 Å². The van der Waals surface area contributed by atoms with Gasteiger partial charge >= 0.3 is 18.2 Å². The number of halogens is 4. The fourth-order valence-corrected chi connectivity index (χ4v) is 3.58. The van der Waals surface area contributed by atoms with Crippen molar-refractivity contribution < 1.29 is 41.4 Å². The van der Waals surface area contributed by atoms with E-state index >= 15 is 0 Å². The maximum Gasteiger partial charge on any atom is 0.419 e. The van der Waals surface area contributed by atoms with Crippen LogP contribution in [0.25, 0.3) is 0 Å². The number of benzene rings is 1. The number of Topliss-reactive ketones (excluding diaryl/α,β-unsaturated/α-hetero) is 1. The summed E-state index contributed by atoms with van der Waals surface area (Å²) in [6, 6.07) is 1.98. The molecule has 0 radical (unpaired) electrons. The summed E-state index contributed by atoms with van der Waals surface area (Å²) < 4.78 is 61.7. The van der Waals surface area contributed by atoms with Gasteiger partial charge in [-0.15, -0.1) is 0 Å². The van der Waals surface area contributed by atoms with Gasteiger partial charge in [-0.25, -0.2) is 9.18 Å². The predicted octanol–water partition coefficient (Wildman–Crippen LogP) is 3.76. The molecule has 1 heterocycles. The van der Waals surface area contributed by atoms with Crippen LogP contribution in [0.2, 0.25) is 0 Å². The third-order valence-electron chi connectivity index (χ3n) is 5.01. The number of alkyl halides is 3. The van der Waals surface area contributed by atoms with E-state index < -0.39 is 48.0 Å². The van der Waals surface area contributed by atoms with Crippen molar-refractivity contribution in [2.24, 2.45) is 5.92 Å². The van der Waals surface area contributed by atoms with Gasteiger partial charge in [-0.1, -0.05) is 6.07 Å². The Balaban J connectivity index is 2.18. The molecular weight excluding hydrogens is 410 g/mol. The Bertz CT molecular complexity index is 796. The summed E-state index contributed by atoms with van der Waals surface area (Å²) in [5.74, 6) is -2.91. The van der Waals surface area contributed by atoms with E-state index in [4.69, 9.17) is 9.47 Å². The van der Waals surface area contributed by atoms with Gasteiger partial charge in [-0.3, -0.25) is 9.59 Å². The number of rotatable bonds is 6. The summed E-state index contributed by atoms with van der Waals surface area (Å²) in [5, 5.41) is 0. The molecule has 0 N–H and O–H groups in total. The molecule has 2 rings (SSSR count). The van der Waals surface area contributed by atoms with E-state index in [2.05, 4.69) is 0 Å². The Morgan fingerprint density at radius 3 is 2.50 bits per heavy atom. The number of piperidine rings is 1. The Morgan fingerprint density at radius 1 is 1.23 bits per heavy atom. The normalized spacial score (nSPS) is 19.3. The molecule has 0 aromatic heterocycles. The zero-order valence-corrected chi connectivity index (χ0v) is 16.6. The molecule has 1 fully saturated rings. The molecule has 6 nitrogen and oxygen atoms in total. The number of carbonyl (C=O) groups excluding carboxylic acids is 3. The summed E-state index contributed by atoms with van der Waals surface area (Å²) >= 11 is 0. The number of ether oxygens (including phenoxy) is 2. The van der Waals surface area contributed by atoms with Crippen LogP contribution in [0.4, 0.5) is 22.4 Å². The highest BCUT2D eigenvalue weighted by Crippen LogP contribution is 2.33. The lowest BCUT2D eigenvalue weighted by atomic mass is 9.84. The van der Waals surface area contributed by atoms with Crippen molar-refractivity contribution in [2.75, 3.05) is 20.3 Å². The van der Waals surface area contributed by atoms with Crippen molar-refractivity contribution in [3.8, 4) is 0 Å². The molecule has 0 saturated carbocycles. The molecule has 1 aliphatic heterocycles. The van der Waals surface area contributed by atoms with Crippen LogP contribution in [0, 0.1) is 11.7 Å². The highest BCUT2D eigenvalue weighted by atomic mass is 19.4. The summed E-state index contributed by atoms with van der Waals surface area (Å²) in [5.41, 5.74) is -1.12. The van der Waals surface area contributed by atoms with Crippen molar-refractivity contribution in [3.05, 3.63) is 35.1 Å². The third kappa shape index (κ3) is 5.93. The number of amides is 1. The van der Waals surface area contributed by atoms with Crippen LogP contribution in [0.3, 0.4) is 0 Å². The van der Waals surface area contributed by atoms with Crippen molar-refractivity contribution in [1.82, 2.24) is 4.90 Å². The quantitative estimate of drug-likeness (QED) is 0.388. The van der Waals surface area contributed by atoms with Gasteiger partial charge in [0.2, 0.25) is 0 Å². The zero-order valence-electron chi connectivity index (χ0n) is 16.6. The van der Waals surface area contributed by atoms with Gasteiger partial charge in [0.25, 0.3) is 0 Å². The van der Waals surface area contributed by atoms with Gasteiger partial charge in [-0.05, 0) is 43.9 Å². The largest absolute Gasteiger partial charge is 0.466 e. The summed E-state index contributed by atoms with van der Waals surface area (Å²) in [6.45, 7) is 1.94. The molecule has 30 heavy (non-hydrogen) atoms. The second kappa shape index (κ2) is 9.90. The summed E-state index contributed by atoms with van der Waals surface area (Å²) in [6.07, 6.45) is -5.33. The van der Waals surface area contributed by atoms with E-state index in [9.17, 15) is 31.9 Å². The first kappa shape index (κ1) is 23.6. The standard InChI is InChI=1S/C20H23F4NO5/c1-3-30-18(27)11-17(26)13-6-7-25(19(28)29-2)14(10-13)8-12-4-5-15(16(21)9-12)20(22,23)24/h4-5,9,13-14H,3,6-8,10-11H2,1-2H3. The number of hydrogen-bond acceptors (Lipinski definition) is 5. The topological polar surface area (TPSA) is 72.9 Å². The highest BCUT2D eigenvalue weighted by molar-refractivity contribution is 5.96. The number of hydrogen-bond donors (Lipinski definition) is 0. The van der Waals surface area contributed by atoms with Gasteiger partial charge in [-0.2, -0.15) is 13.2 Å². The molecular formula is C20H23F4NO5. The van der Waals surface area contributed by atoms with Crippen LogP contribution in [0.1, 0.15) is 37.3 Å². The van der Waals surface area contributed by atoms with E-state index in [1.165, 1.54) is 12.0 Å². The molecule has 1 saturated heterocycles. The number of carbonyl (C=O) groups is 3. The number of methoxy groups -OCH3 is 1. The Hall–Kier alpha value is -2.65. The van der Waals surface area contributed by atoms with Gasteiger partial charge in [0.1, 0.15) is 18.0 Å². The second-order valence-electron chi connectivity index (χ2n) is 7.00. The van der Waals surface area contributed by atoms with Crippen LogP contribution in [0.5, 0.6) is 0 Å². The third-order valence-corrected chi connectivity index (χ3v) is 5.01. The van der Waals surface area contributed by atoms with Crippen LogP contribution in [0.15, 0.2) is 18.2 Å². The lowest BCUT2D eigenvalue weighted by Crippen LogP contribution is -2.48. The van der Waals surface area contributed by atoms with Crippen LogP contribution in [-0.4, -0.2) is 49.0 Å². The first-order valence-corrected chi connectivity index (χ1v) is 9.45. The molecule has 10 heteroatoms. The molecule has 2 unspecified atom stereocenters. The molecule has 0 aliphatic carbocycles. The second-order valence-corrected chi connectivity index (χ2v) is 7.00. The van der Waals surface area contributed by atoms with Gasteiger partial charge < -0.3 is 14.4 Å². The first-order chi connectivity index (χ1) is 14.1. The minimum atomic E-state index is -4.81. The van der Waals surface area contributed by atoms with Crippen LogP contribution >= 0.6 is 0 Å². The van der Waals surface area contributed by atoms with Gasteiger partial charge in [0.05, 0.1) is 19.3 Å². The van der Waals surface area contributed by atoms with E-state index in [1.807, 2.05) is 0 Å². The maximum absolute atomic E-state index is 13.9. The Labute approximate surface area is 171 Å². The minimum Gasteiger partial charge on any atom is -0.466 e. The lowest BCUT2D eigenvalue weighted by Gasteiger charge is -2.38. The zero-order chi connectivity index (χ0) is 22.5. The van der Waals surface area contributed by atoms with E-state index in [0.717, 1.165) is 12.1 Å². The Morgan fingerprint density at radius 2 is 1.93 bits per heavy atom. The van der Waals surface area contributed by atoms with Crippen molar-refractivity contribution >= 4 is 17.8 Å². The molecule has 1 aliphatic rings. The molecule has 1 aromatic rings. The number of esters is 1. The molecule has 0 bridgehead atoms. The van der Waals surface area contributed by atoms with Gasteiger partial charge in [0, 0.05) is 18.5 Å². The number of nitrogens with zero attached hydrogens (tertiary/aromatic N) is 1. The first-order valence-electron chi connectivity index (χ1n) is 9.45. The smallest absolute Gasteiger partial charge is 0.419 e. The summed E-state index contributed by atoms with van der Waals surface area (Å²) in [4.78, 5) is 37.4.